The second-order valence-electron chi connectivity index (χ2n) is 4.99. The van der Waals surface area contributed by atoms with E-state index in [1.54, 1.807) is 0 Å². The van der Waals surface area contributed by atoms with E-state index in [0.717, 1.165) is 12.1 Å². The molecule has 0 amide bonds. The number of hydrogen-bond donors (Lipinski definition) is 2. The van der Waals surface area contributed by atoms with Crippen molar-refractivity contribution in [2.45, 2.75) is 20.0 Å². The van der Waals surface area contributed by atoms with Crippen molar-refractivity contribution < 1.29 is 37.7 Å². The molecule has 1 aromatic rings. The molecule has 0 saturated carbocycles. The van der Waals surface area contributed by atoms with Crippen LogP contribution in [-0.4, -0.2) is 28.8 Å². The van der Waals surface area contributed by atoms with Gasteiger partial charge in [-0.3, -0.25) is 4.79 Å². The summed E-state index contributed by atoms with van der Waals surface area (Å²) in [6.45, 7) is 2.11. The van der Waals surface area contributed by atoms with Gasteiger partial charge in [0, 0.05) is 0 Å². The van der Waals surface area contributed by atoms with Gasteiger partial charge in [-0.05, 0) is 32.0 Å². The van der Waals surface area contributed by atoms with Gasteiger partial charge >= 0.3 is 18.1 Å². The number of carbonyl (C=O) groups is 2. The lowest BCUT2D eigenvalue weighted by atomic mass is 9.95. The van der Waals surface area contributed by atoms with Gasteiger partial charge in [0.1, 0.15) is 12.4 Å². The SMILES string of the molecule is CC(C)(COc1ccc(C(=O)O)cc1C(F)(F)F)C(=O)O. The van der Waals surface area contributed by atoms with Crippen molar-refractivity contribution in [3.05, 3.63) is 29.3 Å². The van der Waals surface area contributed by atoms with Crippen LogP contribution in [0.3, 0.4) is 0 Å². The van der Waals surface area contributed by atoms with E-state index < -0.39 is 47.0 Å². The standard InChI is InChI=1S/C13H13F3O5/c1-12(2,11(19)20)6-21-9-4-3-7(10(17)18)5-8(9)13(14,15)16/h3-5H,6H2,1-2H3,(H,17,18)(H,19,20). The fourth-order valence-corrected chi connectivity index (χ4v) is 1.33. The summed E-state index contributed by atoms with van der Waals surface area (Å²) in [5.41, 5.74) is -3.18. The van der Waals surface area contributed by atoms with Crippen molar-refractivity contribution >= 4 is 11.9 Å². The Kier molecular flexibility index (Phi) is 4.50. The predicted octanol–water partition coefficient (Wildman–Crippen LogP) is 2.89. The molecular weight excluding hydrogens is 293 g/mol. The first-order valence-corrected chi connectivity index (χ1v) is 5.76. The second-order valence-corrected chi connectivity index (χ2v) is 4.99. The van der Waals surface area contributed by atoms with Gasteiger partial charge in [0.15, 0.2) is 0 Å². The monoisotopic (exact) mass is 306 g/mol. The molecule has 1 rings (SSSR count). The van der Waals surface area contributed by atoms with E-state index in [1.807, 2.05) is 0 Å². The summed E-state index contributed by atoms with van der Waals surface area (Å²) >= 11 is 0. The number of alkyl halides is 3. The average Bonchev–Trinajstić information content (AvgIpc) is 2.34. The van der Waals surface area contributed by atoms with E-state index in [4.69, 9.17) is 14.9 Å². The summed E-state index contributed by atoms with van der Waals surface area (Å²) < 4.78 is 43.6. The quantitative estimate of drug-likeness (QED) is 0.874. The summed E-state index contributed by atoms with van der Waals surface area (Å²) in [6.07, 6.45) is -4.81. The minimum atomic E-state index is -4.81. The molecule has 2 N–H and O–H groups in total. The minimum absolute atomic E-state index is 0.450. The number of ether oxygens (including phenoxy) is 1. The first kappa shape index (κ1) is 16.8. The van der Waals surface area contributed by atoms with Crippen molar-refractivity contribution in [2.24, 2.45) is 5.41 Å². The molecule has 0 aliphatic heterocycles. The third-order valence-corrected chi connectivity index (χ3v) is 2.70. The second kappa shape index (κ2) is 5.63. The fraction of sp³-hybridized carbons (Fsp3) is 0.385. The Morgan fingerprint density at radius 3 is 2.19 bits per heavy atom. The van der Waals surface area contributed by atoms with Gasteiger partial charge in [-0.25, -0.2) is 4.79 Å². The van der Waals surface area contributed by atoms with Crippen LogP contribution >= 0.6 is 0 Å². The summed E-state index contributed by atoms with van der Waals surface area (Å²) in [7, 11) is 0. The molecule has 0 aliphatic carbocycles. The highest BCUT2D eigenvalue weighted by molar-refractivity contribution is 5.88. The topological polar surface area (TPSA) is 83.8 Å². The van der Waals surface area contributed by atoms with E-state index in [9.17, 15) is 22.8 Å². The van der Waals surface area contributed by atoms with E-state index in [2.05, 4.69) is 0 Å². The maximum Gasteiger partial charge on any atom is 0.419 e. The molecule has 5 nitrogen and oxygen atoms in total. The van der Waals surface area contributed by atoms with Crippen molar-refractivity contribution in [1.29, 1.82) is 0 Å². The zero-order valence-corrected chi connectivity index (χ0v) is 11.2. The van der Waals surface area contributed by atoms with Gasteiger partial charge in [0.2, 0.25) is 0 Å². The first-order valence-electron chi connectivity index (χ1n) is 5.76. The molecule has 116 valence electrons. The molecule has 0 radical (unpaired) electrons. The number of aliphatic carboxylic acids is 1. The molecular formula is C13H13F3O5. The number of aromatic carboxylic acids is 1. The van der Waals surface area contributed by atoms with Crippen LogP contribution in [0.4, 0.5) is 13.2 Å². The third-order valence-electron chi connectivity index (χ3n) is 2.70. The molecule has 0 unspecified atom stereocenters. The first-order chi connectivity index (χ1) is 9.45. The Morgan fingerprint density at radius 2 is 1.76 bits per heavy atom. The zero-order valence-electron chi connectivity index (χ0n) is 11.2. The van der Waals surface area contributed by atoms with E-state index >= 15 is 0 Å². The molecule has 0 aromatic heterocycles. The molecule has 0 atom stereocenters. The average molecular weight is 306 g/mol. The number of carboxylic acid groups (broad SMARTS) is 2. The Bertz CT molecular complexity index is 563. The summed E-state index contributed by atoms with van der Waals surface area (Å²) in [5.74, 6) is -3.34. The Labute approximate surface area is 118 Å². The summed E-state index contributed by atoms with van der Waals surface area (Å²) in [6, 6.07) is 2.27. The van der Waals surface area contributed by atoms with Crippen LogP contribution in [0.2, 0.25) is 0 Å². The van der Waals surface area contributed by atoms with Crippen LogP contribution in [0, 0.1) is 5.41 Å². The number of halogens is 3. The number of rotatable bonds is 5. The number of hydrogen-bond acceptors (Lipinski definition) is 3. The van der Waals surface area contributed by atoms with Crippen molar-refractivity contribution in [1.82, 2.24) is 0 Å². The van der Waals surface area contributed by atoms with E-state index in [0.29, 0.717) is 6.07 Å². The normalized spacial score (nSPS) is 12.0. The van der Waals surface area contributed by atoms with Crippen LogP contribution in [0.1, 0.15) is 29.8 Å². The molecule has 0 saturated heterocycles. The summed E-state index contributed by atoms with van der Waals surface area (Å²) in [5, 5.41) is 17.6. The van der Waals surface area contributed by atoms with E-state index in [-0.39, 0.29) is 0 Å². The van der Waals surface area contributed by atoms with Crippen LogP contribution < -0.4 is 4.74 Å². The molecule has 0 aliphatic rings. The molecule has 0 spiro atoms. The van der Waals surface area contributed by atoms with E-state index in [1.165, 1.54) is 13.8 Å². The van der Waals surface area contributed by atoms with Crippen LogP contribution in [0.25, 0.3) is 0 Å². The number of benzene rings is 1. The van der Waals surface area contributed by atoms with Gasteiger partial charge in [0.25, 0.3) is 0 Å². The van der Waals surface area contributed by atoms with Gasteiger partial charge < -0.3 is 14.9 Å². The molecule has 8 heteroatoms. The lowest BCUT2D eigenvalue weighted by Crippen LogP contribution is -2.31. The zero-order chi connectivity index (χ0) is 16.4. The molecule has 0 bridgehead atoms. The third kappa shape index (κ3) is 4.11. The van der Waals surface area contributed by atoms with Gasteiger partial charge in [-0.15, -0.1) is 0 Å². The lowest BCUT2D eigenvalue weighted by molar-refractivity contribution is -0.148. The van der Waals surface area contributed by atoms with Gasteiger partial charge in [0.05, 0.1) is 16.5 Å². The lowest BCUT2D eigenvalue weighted by Gasteiger charge is -2.21. The van der Waals surface area contributed by atoms with Crippen LogP contribution in [0.15, 0.2) is 18.2 Å². The highest BCUT2D eigenvalue weighted by atomic mass is 19.4. The Hall–Kier alpha value is -2.25. The minimum Gasteiger partial charge on any atom is -0.492 e. The summed E-state index contributed by atoms with van der Waals surface area (Å²) in [4.78, 5) is 21.6. The van der Waals surface area contributed by atoms with Crippen LogP contribution in [0.5, 0.6) is 5.75 Å². The smallest absolute Gasteiger partial charge is 0.419 e. The maximum atomic E-state index is 12.9. The maximum absolute atomic E-state index is 12.9. The Balaban J connectivity index is 3.13. The molecule has 21 heavy (non-hydrogen) atoms. The van der Waals surface area contributed by atoms with Gasteiger partial charge in [-0.2, -0.15) is 13.2 Å². The van der Waals surface area contributed by atoms with Gasteiger partial charge in [-0.1, -0.05) is 0 Å². The highest BCUT2D eigenvalue weighted by Crippen LogP contribution is 2.37. The largest absolute Gasteiger partial charge is 0.492 e. The molecule has 1 aromatic carbocycles. The highest BCUT2D eigenvalue weighted by Gasteiger charge is 2.36. The number of carboxylic acids is 2. The van der Waals surface area contributed by atoms with Crippen LogP contribution in [-0.2, 0) is 11.0 Å². The molecule has 0 fully saturated rings. The fourth-order valence-electron chi connectivity index (χ4n) is 1.33. The van der Waals surface area contributed by atoms with Crippen molar-refractivity contribution in [3.63, 3.8) is 0 Å². The predicted molar refractivity (Wildman–Crippen MR) is 65.3 cm³/mol. The van der Waals surface area contributed by atoms with Crippen molar-refractivity contribution in [3.8, 4) is 5.75 Å². The van der Waals surface area contributed by atoms with Crippen molar-refractivity contribution in [2.75, 3.05) is 6.61 Å². The Morgan fingerprint density at radius 1 is 1.19 bits per heavy atom. The molecule has 0 heterocycles.